The molecule has 0 aromatic heterocycles. The number of rotatable bonds is 4. The van der Waals surface area contributed by atoms with E-state index in [1.54, 1.807) is 0 Å². The normalized spacial score (nSPS) is 16.9. The molecule has 0 radical (unpaired) electrons. The first-order valence-corrected chi connectivity index (χ1v) is 6.31. The molecule has 1 aromatic carbocycles. The first-order valence-electron chi connectivity index (χ1n) is 5.54. The Kier molecular flexibility index (Phi) is 3.92. The van der Waals surface area contributed by atoms with Crippen molar-refractivity contribution >= 4 is 11.9 Å². The number of hydrogen-bond donors (Lipinski definition) is 0. The van der Waals surface area contributed by atoms with Crippen LogP contribution in [0.5, 0.6) is 5.75 Å². The molecule has 0 saturated carbocycles. The van der Waals surface area contributed by atoms with Gasteiger partial charge in [0.1, 0.15) is 5.75 Å². The Balaban J connectivity index is 1.91. The van der Waals surface area contributed by atoms with Crippen molar-refractivity contribution < 1.29 is 4.74 Å². The average Bonchev–Trinajstić information content (AvgIpc) is 2.74. The van der Waals surface area contributed by atoms with E-state index in [9.17, 15) is 0 Å². The number of benzene rings is 1. The van der Waals surface area contributed by atoms with E-state index < -0.39 is 0 Å². The van der Waals surface area contributed by atoms with Crippen LogP contribution in [0, 0.1) is 0 Å². The molecular formula is C12H17NOS. The molecule has 0 atom stereocenters. The van der Waals surface area contributed by atoms with Gasteiger partial charge in [0.05, 0.1) is 6.61 Å². The van der Waals surface area contributed by atoms with Gasteiger partial charge in [-0.25, -0.2) is 4.31 Å². The molecule has 0 amide bonds. The minimum Gasteiger partial charge on any atom is -0.494 e. The van der Waals surface area contributed by atoms with Gasteiger partial charge in [0.25, 0.3) is 0 Å². The first kappa shape index (κ1) is 10.8. The van der Waals surface area contributed by atoms with Crippen LogP contribution in [0.25, 0.3) is 0 Å². The fourth-order valence-corrected chi connectivity index (χ4v) is 2.69. The van der Waals surface area contributed by atoms with Crippen LogP contribution in [0.4, 0.5) is 0 Å². The molecule has 0 aliphatic carbocycles. The lowest BCUT2D eigenvalue weighted by atomic mass is 10.3. The second-order valence-corrected chi connectivity index (χ2v) is 4.80. The zero-order valence-electron chi connectivity index (χ0n) is 9.11. The van der Waals surface area contributed by atoms with E-state index in [2.05, 4.69) is 16.4 Å². The van der Waals surface area contributed by atoms with E-state index in [0.717, 1.165) is 12.4 Å². The van der Waals surface area contributed by atoms with Crippen molar-refractivity contribution in [3.05, 3.63) is 24.3 Å². The lowest BCUT2D eigenvalue weighted by Gasteiger charge is -2.13. The third-order valence-corrected chi connectivity index (χ3v) is 3.54. The highest BCUT2D eigenvalue weighted by atomic mass is 32.2. The molecule has 0 unspecified atom stereocenters. The van der Waals surface area contributed by atoms with E-state index in [1.807, 2.05) is 31.0 Å². The van der Waals surface area contributed by atoms with Crippen molar-refractivity contribution in [1.29, 1.82) is 0 Å². The molecule has 3 heteroatoms. The maximum atomic E-state index is 5.41. The van der Waals surface area contributed by atoms with Crippen LogP contribution < -0.4 is 4.74 Å². The molecule has 1 aliphatic heterocycles. The highest BCUT2D eigenvalue weighted by Crippen LogP contribution is 2.27. The van der Waals surface area contributed by atoms with E-state index in [1.165, 1.54) is 30.8 Å². The third kappa shape index (κ3) is 3.14. The van der Waals surface area contributed by atoms with Gasteiger partial charge < -0.3 is 4.74 Å². The first-order chi connectivity index (χ1) is 7.38. The van der Waals surface area contributed by atoms with Crippen LogP contribution in [0.2, 0.25) is 0 Å². The molecule has 15 heavy (non-hydrogen) atoms. The maximum Gasteiger partial charge on any atom is 0.119 e. The van der Waals surface area contributed by atoms with Crippen LogP contribution in [-0.4, -0.2) is 24.0 Å². The molecule has 1 fully saturated rings. The van der Waals surface area contributed by atoms with E-state index in [-0.39, 0.29) is 0 Å². The Morgan fingerprint density at radius 2 is 1.87 bits per heavy atom. The predicted octanol–water partition coefficient (Wildman–Crippen LogP) is 3.19. The number of nitrogens with zero attached hydrogens (tertiary/aromatic N) is 1. The minimum atomic E-state index is 0.735. The van der Waals surface area contributed by atoms with Gasteiger partial charge >= 0.3 is 0 Å². The Morgan fingerprint density at radius 3 is 2.47 bits per heavy atom. The van der Waals surface area contributed by atoms with Crippen LogP contribution in [-0.2, 0) is 0 Å². The molecule has 1 aliphatic rings. The Bertz CT molecular complexity index is 293. The van der Waals surface area contributed by atoms with Gasteiger partial charge in [-0.3, -0.25) is 0 Å². The Morgan fingerprint density at radius 1 is 1.20 bits per heavy atom. The Hall–Kier alpha value is -0.670. The molecule has 82 valence electrons. The molecule has 0 spiro atoms. The standard InChI is InChI=1S/C12H17NOS/c1-2-14-11-5-7-12(8-6-11)15-13-9-3-4-10-13/h5-8H,2-4,9-10H2,1H3. The lowest BCUT2D eigenvalue weighted by molar-refractivity contribution is 0.340. The van der Waals surface area contributed by atoms with Crippen LogP contribution >= 0.6 is 11.9 Å². The summed E-state index contributed by atoms with van der Waals surface area (Å²) in [5, 5.41) is 0. The summed E-state index contributed by atoms with van der Waals surface area (Å²) in [6.45, 7) is 5.18. The molecule has 1 saturated heterocycles. The van der Waals surface area contributed by atoms with Crippen molar-refractivity contribution in [1.82, 2.24) is 4.31 Å². The topological polar surface area (TPSA) is 12.5 Å². The zero-order chi connectivity index (χ0) is 10.5. The van der Waals surface area contributed by atoms with Gasteiger partial charge in [0.2, 0.25) is 0 Å². The number of ether oxygens (including phenoxy) is 1. The quantitative estimate of drug-likeness (QED) is 0.727. The Labute approximate surface area is 95.7 Å². The largest absolute Gasteiger partial charge is 0.494 e. The van der Waals surface area contributed by atoms with E-state index >= 15 is 0 Å². The van der Waals surface area contributed by atoms with Crippen LogP contribution in [0.3, 0.4) is 0 Å². The molecule has 0 bridgehead atoms. The molecule has 2 nitrogen and oxygen atoms in total. The second kappa shape index (κ2) is 5.42. The van der Waals surface area contributed by atoms with Crippen molar-refractivity contribution in [2.75, 3.05) is 19.7 Å². The van der Waals surface area contributed by atoms with Crippen molar-refractivity contribution in [3.63, 3.8) is 0 Å². The summed E-state index contributed by atoms with van der Waals surface area (Å²) < 4.78 is 7.83. The van der Waals surface area contributed by atoms with Crippen LogP contribution in [0.1, 0.15) is 19.8 Å². The summed E-state index contributed by atoms with van der Waals surface area (Å²) in [6, 6.07) is 8.35. The van der Waals surface area contributed by atoms with Gasteiger partial charge in [0, 0.05) is 18.0 Å². The fraction of sp³-hybridized carbons (Fsp3) is 0.500. The van der Waals surface area contributed by atoms with E-state index in [4.69, 9.17) is 4.74 Å². The van der Waals surface area contributed by atoms with Crippen LogP contribution in [0.15, 0.2) is 29.2 Å². The zero-order valence-corrected chi connectivity index (χ0v) is 9.93. The summed E-state index contributed by atoms with van der Waals surface area (Å²) >= 11 is 1.86. The smallest absolute Gasteiger partial charge is 0.119 e. The summed E-state index contributed by atoms with van der Waals surface area (Å²) in [4.78, 5) is 1.31. The molecule has 0 N–H and O–H groups in total. The maximum absolute atomic E-state index is 5.41. The fourth-order valence-electron chi connectivity index (χ4n) is 1.69. The summed E-state index contributed by atoms with van der Waals surface area (Å²) in [6.07, 6.45) is 2.67. The van der Waals surface area contributed by atoms with Gasteiger partial charge in [-0.05, 0) is 56.0 Å². The minimum absolute atomic E-state index is 0.735. The molecule has 2 rings (SSSR count). The summed E-state index contributed by atoms with van der Waals surface area (Å²) in [5.74, 6) is 0.961. The van der Waals surface area contributed by atoms with Crippen molar-refractivity contribution in [2.45, 2.75) is 24.7 Å². The SMILES string of the molecule is CCOc1ccc(SN2CCCC2)cc1. The highest BCUT2D eigenvalue weighted by Gasteiger charge is 2.12. The molecule has 1 heterocycles. The van der Waals surface area contributed by atoms with Crippen molar-refractivity contribution in [3.8, 4) is 5.75 Å². The summed E-state index contributed by atoms with van der Waals surface area (Å²) in [5.41, 5.74) is 0. The highest BCUT2D eigenvalue weighted by molar-refractivity contribution is 7.97. The van der Waals surface area contributed by atoms with Gasteiger partial charge in [-0.1, -0.05) is 0 Å². The van der Waals surface area contributed by atoms with Gasteiger partial charge in [-0.2, -0.15) is 0 Å². The second-order valence-electron chi connectivity index (χ2n) is 3.63. The molecule has 1 aromatic rings. The molecular weight excluding hydrogens is 206 g/mol. The predicted molar refractivity (Wildman–Crippen MR) is 64.3 cm³/mol. The average molecular weight is 223 g/mol. The third-order valence-electron chi connectivity index (χ3n) is 2.43. The van der Waals surface area contributed by atoms with Gasteiger partial charge in [0.15, 0.2) is 0 Å². The van der Waals surface area contributed by atoms with E-state index in [0.29, 0.717) is 0 Å². The van der Waals surface area contributed by atoms with Crippen molar-refractivity contribution in [2.24, 2.45) is 0 Å². The van der Waals surface area contributed by atoms with Gasteiger partial charge in [-0.15, -0.1) is 0 Å². The number of hydrogen-bond acceptors (Lipinski definition) is 3. The monoisotopic (exact) mass is 223 g/mol. The lowest BCUT2D eigenvalue weighted by Crippen LogP contribution is -2.08. The summed E-state index contributed by atoms with van der Waals surface area (Å²) in [7, 11) is 0.